The van der Waals surface area contributed by atoms with Crippen LogP contribution in [-0.2, 0) is 9.53 Å². The minimum absolute atomic E-state index is 0.112. The fourth-order valence-electron chi connectivity index (χ4n) is 1.29. The van der Waals surface area contributed by atoms with Gasteiger partial charge in [0.25, 0.3) is 5.91 Å². The number of unbranched alkanes of at least 4 members (excludes halogenated alkanes) is 1. The minimum atomic E-state index is -0.318. The summed E-state index contributed by atoms with van der Waals surface area (Å²) >= 11 is 0. The van der Waals surface area contributed by atoms with Crippen molar-refractivity contribution >= 4 is 5.91 Å². The predicted octanol–water partition coefficient (Wildman–Crippen LogP) is 1.71. The highest BCUT2D eigenvalue weighted by Crippen LogP contribution is 1.93. The summed E-state index contributed by atoms with van der Waals surface area (Å²) < 4.78 is 5.38. The van der Waals surface area contributed by atoms with Crippen LogP contribution in [0.4, 0.5) is 0 Å². The molecule has 0 aromatic heterocycles. The zero-order valence-electron chi connectivity index (χ0n) is 12.2. The van der Waals surface area contributed by atoms with Crippen LogP contribution in [0.1, 0.15) is 40.0 Å². The van der Waals surface area contributed by atoms with E-state index >= 15 is 0 Å². The van der Waals surface area contributed by atoms with Crippen LogP contribution in [0.15, 0.2) is 11.8 Å². The highest BCUT2D eigenvalue weighted by molar-refractivity contribution is 5.97. The van der Waals surface area contributed by atoms with Crippen LogP contribution in [0.2, 0.25) is 0 Å². The van der Waals surface area contributed by atoms with Crippen molar-refractivity contribution in [1.82, 2.24) is 10.6 Å². The van der Waals surface area contributed by atoms with Crippen LogP contribution < -0.4 is 10.6 Å². The maximum Gasteiger partial charge on any atom is 0.263 e. The second kappa shape index (κ2) is 11.5. The van der Waals surface area contributed by atoms with E-state index in [0.29, 0.717) is 19.7 Å². The van der Waals surface area contributed by atoms with Crippen molar-refractivity contribution in [2.24, 2.45) is 0 Å². The third-order valence-corrected chi connectivity index (χ3v) is 2.34. The standard InChI is InChI=1S/C14H25N3O2/c1-4-5-8-17-14(18)13(10-15)11-16-7-6-9-19-12(2)3/h11-12,16H,4-9H2,1-3H3,(H,17,18)/b13-11-. The Balaban J connectivity index is 3.86. The average Bonchev–Trinajstić information content (AvgIpc) is 2.37. The van der Waals surface area contributed by atoms with E-state index in [0.717, 1.165) is 19.3 Å². The van der Waals surface area contributed by atoms with Crippen molar-refractivity contribution in [1.29, 1.82) is 5.26 Å². The second-order valence-electron chi connectivity index (χ2n) is 4.51. The van der Waals surface area contributed by atoms with E-state index in [4.69, 9.17) is 10.00 Å². The van der Waals surface area contributed by atoms with Crippen LogP contribution in [0.25, 0.3) is 0 Å². The smallest absolute Gasteiger partial charge is 0.263 e. The molecule has 0 fully saturated rings. The summed E-state index contributed by atoms with van der Waals surface area (Å²) in [6.07, 6.45) is 4.47. The highest BCUT2D eigenvalue weighted by atomic mass is 16.5. The number of carbonyl (C=O) groups excluding carboxylic acids is 1. The lowest BCUT2D eigenvalue weighted by Gasteiger charge is -2.07. The molecule has 0 aromatic carbocycles. The van der Waals surface area contributed by atoms with Crippen molar-refractivity contribution in [2.45, 2.75) is 46.1 Å². The molecule has 0 spiro atoms. The Kier molecular flexibility index (Phi) is 10.6. The molecule has 0 saturated heterocycles. The van der Waals surface area contributed by atoms with Crippen LogP contribution in [0, 0.1) is 11.3 Å². The van der Waals surface area contributed by atoms with Crippen molar-refractivity contribution in [2.75, 3.05) is 19.7 Å². The van der Waals surface area contributed by atoms with Gasteiger partial charge in [0.05, 0.1) is 6.10 Å². The average molecular weight is 267 g/mol. The number of nitriles is 1. The number of nitrogens with zero attached hydrogens (tertiary/aromatic N) is 1. The molecule has 5 heteroatoms. The van der Waals surface area contributed by atoms with Crippen molar-refractivity contribution in [3.63, 3.8) is 0 Å². The highest BCUT2D eigenvalue weighted by Gasteiger charge is 2.06. The summed E-state index contributed by atoms with van der Waals surface area (Å²) in [5, 5.41) is 14.5. The van der Waals surface area contributed by atoms with Gasteiger partial charge in [-0.1, -0.05) is 13.3 Å². The first-order valence-corrected chi connectivity index (χ1v) is 6.85. The Labute approximate surface area is 116 Å². The van der Waals surface area contributed by atoms with Gasteiger partial charge in [-0.3, -0.25) is 4.79 Å². The molecule has 2 N–H and O–H groups in total. The van der Waals surface area contributed by atoms with Gasteiger partial charge in [-0.15, -0.1) is 0 Å². The number of hydrogen-bond donors (Lipinski definition) is 2. The molecule has 0 unspecified atom stereocenters. The molecule has 0 atom stereocenters. The van der Waals surface area contributed by atoms with Gasteiger partial charge in [0.2, 0.25) is 0 Å². The zero-order valence-corrected chi connectivity index (χ0v) is 12.2. The number of nitrogens with one attached hydrogen (secondary N) is 2. The van der Waals surface area contributed by atoms with Crippen molar-refractivity contribution < 1.29 is 9.53 Å². The SMILES string of the molecule is CCCCNC(=O)/C(C#N)=C\NCCCOC(C)C. The van der Waals surface area contributed by atoms with Gasteiger partial charge in [-0.2, -0.15) is 5.26 Å². The molecule has 0 bridgehead atoms. The number of ether oxygens (including phenoxy) is 1. The van der Waals surface area contributed by atoms with Gasteiger partial charge in [0.15, 0.2) is 0 Å². The van der Waals surface area contributed by atoms with E-state index < -0.39 is 0 Å². The Bertz CT molecular complexity index is 319. The molecule has 0 saturated carbocycles. The molecular formula is C14H25N3O2. The van der Waals surface area contributed by atoms with Crippen molar-refractivity contribution in [3.8, 4) is 6.07 Å². The topological polar surface area (TPSA) is 74.2 Å². The van der Waals surface area contributed by atoms with E-state index in [-0.39, 0.29) is 17.6 Å². The van der Waals surface area contributed by atoms with Gasteiger partial charge in [0, 0.05) is 25.9 Å². The zero-order chi connectivity index (χ0) is 14.5. The summed E-state index contributed by atoms with van der Waals surface area (Å²) in [6, 6.07) is 1.89. The van der Waals surface area contributed by atoms with Crippen LogP contribution in [-0.4, -0.2) is 31.7 Å². The van der Waals surface area contributed by atoms with E-state index in [1.165, 1.54) is 6.20 Å². The monoisotopic (exact) mass is 267 g/mol. The number of rotatable bonds is 10. The lowest BCUT2D eigenvalue weighted by atomic mass is 10.2. The number of hydrogen-bond acceptors (Lipinski definition) is 4. The molecule has 0 aliphatic heterocycles. The molecule has 0 radical (unpaired) electrons. The summed E-state index contributed by atoms with van der Waals surface area (Å²) in [5.41, 5.74) is 0.112. The molecule has 0 heterocycles. The first-order chi connectivity index (χ1) is 9.11. The predicted molar refractivity (Wildman–Crippen MR) is 75.3 cm³/mol. The maximum absolute atomic E-state index is 11.6. The Morgan fingerprint density at radius 2 is 2.11 bits per heavy atom. The van der Waals surface area contributed by atoms with Gasteiger partial charge in [-0.25, -0.2) is 0 Å². The fourth-order valence-corrected chi connectivity index (χ4v) is 1.29. The minimum Gasteiger partial charge on any atom is -0.390 e. The summed E-state index contributed by atoms with van der Waals surface area (Å²) in [4.78, 5) is 11.6. The molecule has 108 valence electrons. The second-order valence-corrected chi connectivity index (χ2v) is 4.51. The molecule has 0 rings (SSSR count). The van der Waals surface area contributed by atoms with Gasteiger partial charge in [-0.05, 0) is 26.7 Å². The fraction of sp³-hybridized carbons (Fsp3) is 0.714. The normalized spacial score (nSPS) is 11.2. The molecule has 0 aliphatic carbocycles. The number of amides is 1. The first kappa shape index (κ1) is 17.5. The Hall–Kier alpha value is -1.54. The quantitative estimate of drug-likeness (QED) is 0.359. The molecule has 0 aliphatic rings. The largest absolute Gasteiger partial charge is 0.390 e. The molecule has 19 heavy (non-hydrogen) atoms. The Morgan fingerprint density at radius 3 is 2.68 bits per heavy atom. The summed E-state index contributed by atoms with van der Waals surface area (Å²) in [7, 11) is 0. The Morgan fingerprint density at radius 1 is 1.37 bits per heavy atom. The third-order valence-electron chi connectivity index (χ3n) is 2.34. The molecular weight excluding hydrogens is 242 g/mol. The first-order valence-electron chi connectivity index (χ1n) is 6.85. The van der Waals surface area contributed by atoms with E-state index in [1.807, 2.05) is 26.8 Å². The van der Waals surface area contributed by atoms with E-state index in [1.54, 1.807) is 0 Å². The van der Waals surface area contributed by atoms with Crippen molar-refractivity contribution in [3.05, 3.63) is 11.8 Å². The van der Waals surface area contributed by atoms with E-state index in [9.17, 15) is 4.79 Å². The molecule has 1 amide bonds. The van der Waals surface area contributed by atoms with Gasteiger partial charge < -0.3 is 15.4 Å². The van der Waals surface area contributed by atoms with Crippen LogP contribution in [0.5, 0.6) is 0 Å². The third kappa shape index (κ3) is 10.1. The van der Waals surface area contributed by atoms with Crippen LogP contribution >= 0.6 is 0 Å². The summed E-state index contributed by atoms with van der Waals surface area (Å²) in [5.74, 6) is -0.318. The van der Waals surface area contributed by atoms with Crippen LogP contribution in [0.3, 0.4) is 0 Å². The molecule has 0 aromatic rings. The lowest BCUT2D eigenvalue weighted by molar-refractivity contribution is -0.117. The molecule has 5 nitrogen and oxygen atoms in total. The van der Waals surface area contributed by atoms with Gasteiger partial charge >= 0.3 is 0 Å². The van der Waals surface area contributed by atoms with E-state index in [2.05, 4.69) is 10.6 Å². The maximum atomic E-state index is 11.6. The lowest BCUT2D eigenvalue weighted by Crippen LogP contribution is -2.26. The number of carbonyl (C=O) groups is 1. The van der Waals surface area contributed by atoms with Gasteiger partial charge in [0.1, 0.15) is 11.6 Å². The summed E-state index contributed by atoms with van der Waals surface area (Å²) in [6.45, 7) is 7.98.